The molecule has 0 spiro atoms. The predicted octanol–water partition coefficient (Wildman–Crippen LogP) is 4.22. The first-order valence-electron chi connectivity index (χ1n) is 9.36. The molecule has 0 amide bonds. The van der Waals surface area contributed by atoms with Crippen LogP contribution >= 0.6 is 11.8 Å². The highest BCUT2D eigenvalue weighted by Crippen LogP contribution is 2.66. The van der Waals surface area contributed by atoms with Crippen molar-refractivity contribution in [3.8, 4) is 0 Å². The number of aliphatic hydroxyl groups excluding tert-OH is 1. The average Bonchev–Trinajstić information content (AvgIpc) is 2.85. The molecule has 0 aromatic rings. The van der Waals surface area contributed by atoms with E-state index in [0.29, 0.717) is 17.8 Å². The number of aliphatic hydroxyl groups is 1. The first kappa shape index (κ1) is 16.2. The lowest BCUT2D eigenvalue weighted by molar-refractivity contribution is -0.126. The van der Waals surface area contributed by atoms with Gasteiger partial charge in [-0.1, -0.05) is 19.4 Å². The molecular weight excluding hydrogens is 304 g/mol. The van der Waals surface area contributed by atoms with Gasteiger partial charge in [-0.2, -0.15) is 11.8 Å². The van der Waals surface area contributed by atoms with Crippen molar-refractivity contribution >= 4 is 17.5 Å². The van der Waals surface area contributed by atoms with Gasteiger partial charge in [0, 0.05) is 17.1 Å². The summed E-state index contributed by atoms with van der Waals surface area (Å²) >= 11 is 2.07. The van der Waals surface area contributed by atoms with E-state index in [1.807, 2.05) is 6.08 Å². The summed E-state index contributed by atoms with van der Waals surface area (Å²) in [6.07, 6.45) is 11.6. The smallest absolute Gasteiger partial charge is 0.158 e. The van der Waals surface area contributed by atoms with Gasteiger partial charge in [-0.15, -0.1) is 0 Å². The second-order valence-corrected chi connectivity index (χ2v) is 9.94. The van der Waals surface area contributed by atoms with Crippen molar-refractivity contribution in [2.75, 3.05) is 6.26 Å². The Labute approximate surface area is 144 Å². The molecule has 0 bridgehead atoms. The lowest BCUT2D eigenvalue weighted by Gasteiger charge is -2.59. The van der Waals surface area contributed by atoms with E-state index in [0.717, 1.165) is 23.5 Å². The second kappa shape index (κ2) is 5.36. The van der Waals surface area contributed by atoms with Crippen LogP contribution in [0.25, 0.3) is 0 Å². The Bertz CT molecular complexity index is 556. The zero-order chi connectivity index (χ0) is 16.4. The molecule has 0 aliphatic heterocycles. The Morgan fingerprint density at radius 1 is 1.17 bits per heavy atom. The van der Waals surface area contributed by atoms with Crippen molar-refractivity contribution < 1.29 is 9.90 Å². The van der Waals surface area contributed by atoms with Crippen molar-refractivity contribution in [3.63, 3.8) is 0 Å². The highest BCUT2D eigenvalue weighted by atomic mass is 32.2. The van der Waals surface area contributed by atoms with Crippen LogP contribution in [-0.2, 0) is 4.79 Å². The van der Waals surface area contributed by atoms with Gasteiger partial charge in [0.25, 0.3) is 0 Å². The van der Waals surface area contributed by atoms with Crippen LogP contribution in [0.15, 0.2) is 11.6 Å². The third-order valence-electron chi connectivity index (χ3n) is 8.27. The van der Waals surface area contributed by atoms with Gasteiger partial charge in [0.2, 0.25) is 0 Å². The topological polar surface area (TPSA) is 37.3 Å². The molecule has 0 aromatic carbocycles. The lowest BCUT2D eigenvalue weighted by Crippen LogP contribution is -2.55. The fourth-order valence-electron chi connectivity index (χ4n) is 6.95. The minimum Gasteiger partial charge on any atom is -0.392 e. The number of carbonyl (C=O) groups is 1. The van der Waals surface area contributed by atoms with Crippen LogP contribution in [0.2, 0.25) is 0 Å². The van der Waals surface area contributed by atoms with Crippen LogP contribution in [0.4, 0.5) is 0 Å². The predicted molar refractivity (Wildman–Crippen MR) is 95.4 cm³/mol. The first-order chi connectivity index (χ1) is 10.9. The van der Waals surface area contributed by atoms with Crippen LogP contribution in [0.3, 0.4) is 0 Å². The standard InChI is InChI=1S/C20H30O2S/c1-19-9-8-16-14(15(19)6-7-18(19)23-3)5-4-12-10-13(21)11-17(22)20(12,16)2/h10,14-18,22H,4-9,11H2,1-3H3/t14-,15-,16-,17?,18?,19-,20-/m0/s1. The van der Waals surface area contributed by atoms with E-state index in [-0.39, 0.29) is 11.2 Å². The molecule has 3 saturated carbocycles. The summed E-state index contributed by atoms with van der Waals surface area (Å²) in [5, 5.41) is 11.6. The summed E-state index contributed by atoms with van der Waals surface area (Å²) in [4.78, 5) is 11.9. The highest BCUT2D eigenvalue weighted by molar-refractivity contribution is 7.99. The van der Waals surface area contributed by atoms with E-state index in [1.54, 1.807) is 0 Å². The van der Waals surface area contributed by atoms with Crippen molar-refractivity contribution in [1.82, 2.24) is 0 Å². The average molecular weight is 335 g/mol. The van der Waals surface area contributed by atoms with E-state index in [2.05, 4.69) is 31.9 Å². The maximum Gasteiger partial charge on any atom is 0.158 e. The van der Waals surface area contributed by atoms with Crippen LogP contribution in [0, 0.1) is 28.6 Å². The molecule has 23 heavy (non-hydrogen) atoms. The van der Waals surface area contributed by atoms with Gasteiger partial charge < -0.3 is 5.11 Å². The Morgan fingerprint density at radius 2 is 1.96 bits per heavy atom. The molecule has 4 rings (SSSR count). The largest absolute Gasteiger partial charge is 0.392 e. The Hall–Kier alpha value is -0.280. The molecule has 4 aliphatic carbocycles. The number of carbonyl (C=O) groups excluding carboxylic acids is 1. The van der Waals surface area contributed by atoms with Gasteiger partial charge in [-0.3, -0.25) is 4.79 Å². The summed E-state index contributed by atoms with van der Waals surface area (Å²) in [6, 6.07) is 0. The summed E-state index contributed by atoms with van der Waals surface area (Å²) in [6.45, 7) is 4.80. The quantitative estimate of drug-likeness (QED) is 0.780. The number of ketones is 1. The van der Waals surface area contributed by atoms with E-state index >= 15 is 0 Å². The van der Waals surface area contributed by atoms with E-state index < -0.39 is 6.10 Å². The molecule has 1 N–H and O–H groups in total. The monoisotopic (exact) mass is 334 g/mol. The summed E-state index contributed by atoms with van der Waals surface area (Å²) < 4.78 is 0. The Balaban J connectivity index is 1.70. The molecule has 3 heteroatoms. The van der Waals surface area contributed by atoms with E-state index in [1.165, 1.54) is 37.7 Å². The molecule has 2 unspecified atom stereocenters. The highest BCUT2D eigenvalue weighted by Gasteiger charge is 2.60. The molecule has 0 radical (unpaired) electrons. The molecule has 0 saturated heterocycles. The number of hydrogen-bond acceptors (Lipinski definition) is 3. The van der Waals surface area contributed by atoms with Crippen LogP contribution in [0.5, 0.6) is 0 Å². The third kappa shape index (κ3) is 2.08. The zero-order valence-electron chi connectivity index (χ0n) is 14.7. The van der Waals surface area contributed by atoms with Crippen molar-refractivity contribution in [1.29, 1.82) is 0 Å². The Kier molecular flexibility index (Phi) is 3.77. The molecule has 0 heterocycles. The maximum atomic E-state index is 11.9. The van der Waals surface area contributed by atoms with Gasteiger partial charge in [0.05, 0.1) is 6.10 Å². The van der Waals surface area contributed by atoms with Crippen molar-refractivity contribution in [3.05, 3.63) is 11.6 Å². The molecular formula is C20H30O2S. The first-order valence-corrected chi connectivity index (χ1v) is 10.6. The fraction of sp³-hybridized carbons (Fsp3) is 0.850. The molecule has 7 atom stereocenters. The van der Waals surface area contributed by atoms with Crippen molar-refractivity contribution in [2.24, 2.45) is 28.6 Å². The van der Waals surface area contributed by atoms with E-state index in [4.69, 9.17) is 0 Å². The number of rotatable bonds is 1. The second-order valence-electron chi connectivity index (χ2n) is 8.90. The summed E-state index contributed by atoms with van der Waals surface area (Å²) in [7, 11) is 0. The lowest BCUT2D eigenvalue weighted by atomic mass is 9.47. The molecule has 128 valence electrons. The van der Waals surface area contributed by atoms with Crippen molar-refractivity contribution in [2.45, 2.75) is 70.1 Å². The maximum absolute atomic E-state index is 11.9. The molecule has 4 aliphatic rings. The molecule has 0 aromatic heterocycles. The molecule has 3 fully saturated rings. The number of thioether (sulfide) groups is 1. The third-order valence-corrected chi connectivity index (χ3v) is 9.61. The van der Waals surface area contributed by atoms with Crippen LogP contribution in [0.1, 0.15) is 58.8 Å². The minimum absolute atomic E-state index is 0.132. The van der Waals surface area contributed by atoms with Gasteiger partial charge >= 0.3 is 0 Å². The SMILES string of the molecule is CSC1CC[C@H]2[C@@H]3CCC4=CC(=O)CC(O)[C@]4(C)[C@H]3CC[C@]12C. The van der Waals surface area contributed by atoms with Gasteiger partial charge in [0.15, 0.2) is 5.78 Å². The van der Waals surface area contributed by atoms with Gasteiger partial charge in [-0.05, 0) is 74.0 Å². The van der Waals surface area contributed by atoms with E-state index in [9.17, 15) is 9.90 Å². The van der Waals surface area contributed by atoms with Gasteiger partial charge in [0.1, 0.15) is 0 Å². The summed E-state index contributed by atoms with van der Waals surface area (Å²) in [5.74, 6) is 2.27. The number of fused-ring (bicyclic) bond motifs is 5. The van der Waals surface area contributed by atoms with Crippen LogP contribution in [-0.4, -0.2) is 28.5 Å². The Morgan fingerprint density at radius 3 is 2.70 bits per heavy atom. The normalized spacial score (nSPS) is 52.4. The van der Waals surface area contributed by atoms with Gasteiger partial charge in [-0.25, -0.2) is 0 Å². The summed E-state index contributed by atoms with van der Waals surface area (Å²) in [5.41, 5.74) is 1.61. The van der Waals surface area contributed by atoms with Crippen LogP contribution < -0.4 is 0 Å². The fourth-order valence-corrected chi connectivity index (χ4v) is 8.15. The zero-order valence-corrected chi connectivity index (χ0v) is 15.5. The molecule has 2 nitrogen and oxygen atoms in total. The minimum atomic E-state index is -0.468. The number of hydrogen-bond donors (Lipinski definition) is 1.